The molecule has 2 aromatic rings. The average molecular weight is 479 g/mol. The molecule has 7 nitrogen and oxygen atoms in total. The van der Waals surface area contributed by atoms with Crippen LogP contribution in [0.4, 0.5) is 16.2 Å². The molecule has 0 aliphatic carbocycles. The summed E-state index contributed by atoms with van der Waals surface area (Å²) >= 11 is 6.56. The highest BCUT2D eigenvalue weighted by molar-refractivity contribution is 6.32. The molecule has 4 amide bonds. The maximum atomic E-state index is 12.9. The fourth-order valence-electron chi connectivity index (χ4n) is 4.15. The number of carbonyl (C=O) groups is 3. The van der Waals surface area contributed by atoms with Gasteiger partial charge in [0.05, 0.1) is 5.54 Å². The van der Waals surface area contributed by atoms with E-state index in [4.69, 9.17) is 11.6 Å². The number of hydrogen-bond donors (Lipinski definition) is 2. The van der Waals surface area contributed by atoms with Crippen molar-refractivity contribution >= 4 is 52.5 Å². The number of carbonyl (C=O) groups excluding carboxylic acids is 3. The molecule has 0 saturated carbocycles. The molecule has 1 fully saturated rings. The van der Waals surface area contributed by atoms with Crippen molar-refractivity contribution < 1.29 is 14.4 Å². The molecule has 2 aromatic carbocycles. The van der Waals surface area contributed by atoms with Crippen molar-refractivity contribution in [2.24, 2.45) is 0 Å². The van der Waals surface area contributed by atoms with Gasteiger partial charge in [0.25, 0.3) is 5.91 Å². The van der Waals surface area contributed by atoms with E-state index in [2.05, 4.69) is 35.5 Å². The molecule has 0 bridgehead atoms. The largest absolute Gasteiger partial charge is 0.365 e. The van der Waals surface area contributed by atoms with Crippen LogP contribution in [0.3, 0.4) is 0 Å². The minimum absolute atomic E-state index is 0.0705. The molecule has 4 rings (SSSR count). The summed E-state index contributed by atoms with van der Waals surface area (Å²) in [6.07, 6.45) is 3.73. The number of urea groups is 1. The van der Waals surface area contributed by atoms with Gasteiger partial charge in [0.2, 0.25) is 5.91 Å². The molecule has 0 aromatic heterocycles. The lowest BCUT2D eigenvalue weighted by molar-refractivity contribution is -0.127. The number of fused-ring (bicyclic) bond motifs is 1. The topological polar surface area (TPSA) is 81.8 Å². The van der Waals surface area contributed by atoms with Crippen molar-refractivity contribution in [2.45, 2.75) is 33.2 Å². The van der Waals surface area contributed by atoms with Crippen LogP contribution in [0.25, 0.3) is 11.6 Å². The van der Waals surface area contributed by atoms with E-state index < -0.39 is 24.4 Å². The lowest BCUT2D eigenvalue weighted by atomic mass is 9.88. The van der Waals surface area contributed by atoms with Crippen molar-refractivity contribution in [3.8, 4) is 0 Å². The highest BCUT2D eigenvalue weighted by Crippen LogP contribution is 2.41. The summed E-state index contributed by atoms with van der Waals surface area (Å²) in [5, 5.41) is 5.71. The Hall–Kier alpha value is -3.58. The highest BCUT2D eigenvalue weighted by atomic mass is 35.5. The summed E-state index contributed by atoms with van der Waals surface area (Å²) in [6.45, 7) is 7.84. The fourth-order valence-corrected chi connectivity index (χ4v) is 4.36. The third kappa shape index (κ3) is 4.43. The Labute approximate surface area is 204 Å². The number of nitrogens with one attached hydrogen (secondary N) is 2. The van der Waals surface area contributed by atoms with Crippen LogP contribution in [-0.4, -0.2) is 41.9 Å². The first-order valence-corrected chi connectivity index (χ1v) is 11.3. The third-order valence-electron chi connectivity index (χ3n) is 6.23. The standard InChI is InChI=1S/C26H27ClN4O3/c1-15-6-8-18(9-7-15)28-23(32)14-31-24(33)21(29-25(31)34)11-17-10-19-16(2)13-26(3,4)30(5)22(19)12-20(17)27/h6-13H,14H2,1-5H3,(H,28,32)(H,29,34)/b21-11+. The SMILES string of the molecule is CC1=CC(C)(C)N(C)c2cc(Cl)c(/C=C3/NC(=O)N(CC(=O)Nc4ccc(C)cc4)C3=O)cc21. The van der Waals surface area contributed by atoms with Crippen LogP contribution in [0, 0.1) is 6.92 Å². The van der Waals surface area contributed by atoms with Gasteiger partial charge < -0.3 is 15.5 Å². The maximum absolute atomic E-state index is 12.9. The zero-order valence-corrected chi connectivity index (χ0v) is 20.6. The number of aryl methyl sites for hydroxylation is 1. The molecule has 0 spiro atoms. The predicted molar refractivity (Wildman–Crippen MR) is 136 cm³/mol. The summed E-state index contributed by atoms with van der Waals surface area (Å²) in [7, 11) is 2.01. The first kappa shape index (κ1) is 23.6. The molecule has 2 aliphatic heterocycles. The van der Waals surface area contributed by atoms with Crippen molar-refractivity contribution in [2.75, 3.05) is 23.8 Å². The van der Waals surface area contributed by atoms with Crippen molar-refractivity contribution in [3.05, 3.63) is 69.9 Å². The average Bonchev–Trinajstić information content (AvgIpc) is 3.02. The highest BCUT2D eigenvalue weighted by Gasteiger charge is 2.35. The van der Waals surface area contributed by atoms with Gasteiger partial charge >= 0.3 is 6.03 Å². The molecule has 0 unspecified atom stereocenters. The van der Waals surface area contributed by atoms with E-state index in [0.29, 0.717) is 16.3 Å². The fraction of sp³-hybridized carbons (Fsp3) is 0.269. The summed E-state index contributed by atoms with van der Waals surface area (Å²) in [4.78, 5) is 40.7. The number of likely N-dealkylation sites (N-methyl/N-ethyl adjacent to an activating group) is 1. The molecular formula is C26H27ClN4O3. The Morgan fingerprint density at radius 1 is 1.15 bits per heavy atom. The smallest absolute Gasteiger partial charge is 0.329 e. The van der Waals surface area contributed by atoms with E-state index in [9.17, 15) is 14.4 Å². The second kappa shape index (κ2) is 8.65. The van der Waals surface area contributed by atoms with Crippen LogP contribution >= 0.6 is 11.6 Å². The van der Waals surface area contributed by atoms with Crippen molar-refractivity contribution in [1.82, 2.24) is 10.2 Å². The van der Waals surface area contributed by atoms with Gasteiger partial charge in [0, 0.05) is 29.0 Å². The zero-order chi connectivity index (χ0) is 24.8. The Bertz CT molecular complexity index is 1260. The monoisotopic (exact) mass is 478 g/mol. The Kier molecular flexibility index (Phi) is 6.00. The number of anilines is 2. The second-order valence-electron chi connectivity index (χ2n) is 9.22. The molecule has 2 N–H and O–H groups in total. The number of imide groups is 1. The van der Waals surface area contributed by atoms with E-state index in [1.807, 2.05) is 45.2 Å². The van der Waals surface area contributed by atoms with Crippen molar-refractivity contribution in [1.29, 1.82) is 0 Å². The lowest BCUT2D eigenvalue weighted by Crippen LogP contribution is -2.42. The van der Waals surface area contributed by atoms with Gasteiger partial charge in [-0.3, -0.25) is 9.59 Å². The van der Waals surface area contributed by atoms with Gasteiger partial charge in [0.1, 0.15) is 12.2 Å². The predicted octanol–water partition coefficient (Wildman–Crippen LogP) is 4.81. The van der Waals surface area contributed by atoms with E-state index in [0.717, 1.165) is 27.3 Å². The lowest BCUT2D eigenvalue weighted by Gasteiger charge is -2.40. The molecule has 8 heteroatoms. The second-order valence-corrected chi connectivity index (χ2v) is 9.63. The number of allylic oxidation sites excluding steroid dienone is 1. The summed E-state index contributed by atoms with van der Waals surface area (Å²) < 4.78 is 0. The Morgan fingerprint density at radius 3 is 2.50 bits per heavy atom. The Balaban J connectivity index is 1.55. The minimum Gasteiger partial charge on any atom is -0.365 e. The van der Waals surface area contributed by atoms with E-state index in [1.165, 1.54) is 0 Å². The molecule has 34 heavy (non-hydrogen) atoms. The van der Waals surface area contributed by atoms with Gasteiger partial charge in [-0.05, 0) is 69.2 Å². The van der Waals surface area contributed by atoms with E-state index in [1.54, 1.807) is 18.2 Å². The molecule has 0 radical (unpaired) electrons. The normalized spacial score (nSPS) is 18.1. The third-order valence-corrected chi connectivity index (χ3v) is 6.56. The zero-order valence-electron chi connectivity index (χ0n) is 19.8. The Morgan fingerprint density at radius 2 is 1.82 bits per heavy atom. The van der Waals surface area contributed by atoms with E-state index in [-0.39, 0.29) is 11.2 Å². The molecule has 0 atom stereocenters. The van der Waals surface area contributed by atoms with Gasteiger partial charge in [0.15, 0.2) is 0 Å². The van der Waals surface area contributed by atoms with Crippen LogP contribution in [0.15, 0.2) is 48.2 Å². The van der Waals surface area contributed by atoms with Crippen LogP contribution < -0.4 is 15.5 Å². The number of halogens is 1. The first-order chi connectivity index (χ1) is 16.0. The summed E-state index contributed by atoms with van der Waals surface area (Å²) in [5.41, 5.74) is 5.27. The maximum Gasteiger partial charge on any atom is 0.329 e. The van der Waals surface area contributed by atoms with Crippen molar-refractivity contribution in [3.63, 3.8) is 0 Å². The van der Waals surface area contributed by atoms with Crippen LogP contribution in [-0.2, 0) is 9.59 Å². The minimum atomic E-state index is -0.651. The number of nitrogens with zero attached hydrogens (tertiary/aromatic N) is 2. The molecule has 2 heterocycles. The number of benzene rings is 2. The molecule has 2 aliphatic rings. The van der Waals surface area contributed by atoms with Gasteiger partial charge in [-0.1, -0.05) is 35.4 Å². The molecular weight excluding hydrogens is 452 g/mol. The van der Waals surface area contributed by atoms with E-state index >= 15 is 0 Å². The summed E-state index contributed by atoms with van der Waals surface area (Å²) in [6, 6.07) is 10.4. The van der Waals surface area contributed by atoms with Gasteiger partial charge in [-0.15, -0.1) is 0 Å². The number of amides is 4. The van der Waals surface area contributed by atoms with Crippen LogP contribution in [0.2, 0.25) is 5.02 Å². The first-order valence-electron chi connectivity index (χ1n) is 10.9. The molecule has 176 valence electrons. The number of hydrogen-bond acceptors (Lipinski definition) is 4. The summed E-state index contributed by atoms with van der Waals surface area (Å²) in [5.74, 6) is -1.05. The van der Waals surface area contributed by atoms with Crippen LogP contribution in [0.1, 0.15) is 37.5 Å². The quantitative estimate of drug-likeness (QED) is 0.488. The van der Waals surface area contributed by atoms with Gasteiger partial charge in [-0.2, -0.15) is 0 Å². The van der Waals surface area contributed by atoms with Gasteiger partial charge in [-0.25, -0.2) is 9.69 Å². The number of rotatable bonds is 4. The molecule has 1 saturated heterocycles. The van der Waals surface area contributed by atoms with Crippen LogP contribution in [0.5, 0.6) is 0 Å².